The third kappa shape index (κ3) is 3.69. The van der Waals surface area contributed by atoms with E-state index < -0.39 is 0 Å². The van der Waals surface area contributed by atoms with E-state index >= 15 is 0 Å². The molecule has 110 valence electrons. The van der Waals surface area contributed by atoms with Crippen LogP contribution in [0.15, 0.2) is 36.5 Å². The molecule has 0 bridgehead atoms. The number of nitrogens with zero attached hydrogens (tertiary/aromatic N) is 1. The van der Waals surface area contributed by atoms with Gasteiger partial charge in [-0.25, -0.2) is 4.98 Å². The van der Waals surface area contributed by atoms with Gasteiger partial charge in [0, 0.05) is 23.4 Å². The van der Waals surface area contributed by atoms with Gasteiger partial charge in [0.05, 0.1) is 0 Å². The molecule has 21 heavy (non-hydrogen) atoms. The third-order valence-corrected chi connectivity index (χ3v) is 3.30. The Bertz CT molecular complexity index is 652. The van der Waals surface area contributed by atoms with E-state index in [9.17, 15) is 4.79 Å². The molecule has 0 aliphatic carbocycles. The number of hydrogen-bond donors (Lipinski definition) is 0. The highest BCUT2D eigenvalue weighted by Crippen LogP contribution is 2.34. The average Bonchev–Trinajstić information content (AvgIpc) is 2.40. The van der Waals surface area contributed by atoms with Crippen molar-refractivity contribution in [2.24, 2.45) is 0 Å². The maximum absolute atomic E-state index is 11.3. The number of benzene rings is 1. The van der Waals surface area contributed by atoms with Crippen LogP contribution in [0, 0.1) is 6.92 Å². The molecule has 0 N–H and O–H groups in total. The van der Waals surface area contributed by atoms with E-state index in [1.807, 2.05) is 12.1 Å². The van der Waals surface area contributed by atoms with Gasteiger partial charge in [0.25, 0.3) is 0 Å². The molecule has 0 saturated carbocycles. The van der Waals surface area contributed by atoms with Gasteiger partial charge in [-0.05, 0) is 31.4 Å². The molecule has 0 atom stereocenters. The van der Waals surface area contributed by atoms with Gasteiger partial charge in [-0.2, -0.15) is 0 Å². The normalized spacial score (nSPS) is 11.3. The first kappa shape index (κ1) is 15.2. The van der Waals surface area contributed by atoms with E-state index in [1.54, 1.807) is 18.3 Å². The summed E-state index contributed by atoms with van der Waals surface area (Å²) >= 11 is 0. The number of aromatic nitrogens is 1. The van der Waals surface area contributed by atoms with Gasteiger partial charge in [0.2, 0.25) is 5.88 Å². The Morgan fingerprint density at radius 2 is 1.86 bits per heavy atom. The van der Waals surface area contributed by atoms with Crippen LogP contribution in [0.1, 0.15) is 49.2 Å². The van der Waals surface area contributed by atoms with Crippen LogP contribution in [0.5, 0.6) is 11.6 Å². The number of ketones is 1. The predicted molar refractivity (Wildman–Crippen MR) is 84.2 cm³/mol. The lowest BCUT2D eigenvalue weighted by atomic mass is 9.85. The van der Waals surface area contributed by atoms with Crippen molar-refractivity contribution in [1.82, 2.24) is 4.98 Å². The molecule has 0 spiro atoms. The second kappa shape index (κ2) is 5.68. The molecule has 3 nitrogen and oxygen atoms in total. The van der Waals surface area contributed by atoms with Crippen LogP contribution in [0.4, 0.5) is 0 Å². The highest BCUT2D eigenvalue weighted by atomic mass is 16.5. The molecule has 0 fully saturated rings. The average molecular weight is 283 g/mol. The maximum Gasteiger partial charge on any atom is 0.219 e. The Hall–Kier alpha value is -2.16. The van der Waals surface area contributed by atoms with Crippen molar-refractivity contribution in [1.29, 1.82) is 0 Å². The Labute approximate surface area is 126 Å². The fourth-order valence-electron chi connectivity index (χ4n) is 2.08. The molecule has 0 aliphatic rings. The van der Waals surface area contributed by atoms with Crippen LogP contribution in [0.25, 0.3) is 0 Å². The van der Waals surface area contributed by atoms with Crippen molar-refractivity contribution in [3.63, 3.8) is 0 Å². The number of ether oxygens (including phenoxy) is 1. The summed E-state index contributed by atoms with van der Waals surface area (Å²) in [6, 6.07) is 9.59. The first-order chi connectivity index (χ1) is 9.77. The smallest absolute Gasteiger partial charge is 0.219 e. The zero-order valence-corrected chi connectivity index (χ0v) is 13.2. The molecule has 2 rings (SSSR count). The van der Waals surface area contributed by atoms with Crippen LogP contribution < -0.4 is 4.74 Å². The molecule has 1 aromatic heterocycles. The SMILES string of the molecule is CC(=O)c1ccc(Oc2ccc(C)cc2C(C)(C)C)nc1. The zero-order chi connectivity index (χ0) is 15.6. The monoisotopic (exact) mass is 283 g/mol. The van der Waals surface area contributed by atoms with Gasteiger partial charge in [0.1, 0.15) is 5.75 Å². The quantitative estimate of drug-likeness (QED) is 0.768. The second-order valence-electron chi connectivity index (χ2n) is 6.29. The molecule has 0 unspecified atom stereocenters. The third-order valence-electron chi connectivity index (χ3n) is 3.30. The molecule has 0 radical (unpaired) electrons. The molecular formula is C18H21NO2. The van der Waals surface area contributed by atoms with Crippen molar-refractivity contribution in [3.05, 3.63) is 53.2 Å². The molecule has 0 aliphatic heterocycles. The second-order valence-corrected chi connectivity index (χ2v) is 6.29. The van der Waals surface area contributed by atoms with E-state index in [0.717, 1.165) is 11.3 Å². The molecule has 2 aromatic rings. The minimum atomic E-state index is -0.0132. The summed E-state index contributed by atoms with van der Waals surface area (Å²) in [5, 5.41) is 0. The zero-order valence-electron chi connectivity index (χ0n) is 13.2. The van der Waals surface area contributed by atoms with Crippen LogP contribution in [0.3, 0.4) is 0 Å². The van der Waals surface area contributed by atoms with Crippen LogP contribution in [-0.4, -0.2) is 10.8 Å². The summed E-state index contributed by atoms with van der Waals surface area (Å²) in [4.78, 5) is 15.5. The van der Waals surface area contributed by atoms with Gasteiger partial charge in [-0.15, -0.1) is 0 Å². The van der Waals surface area contributed by atoms with Crippen molar-refractivity contribution in [2.75, 3.05) is 0 Å². The topological polar surface area (TPSA) is 39.2 Å². The summed E-state index contributed by atoms with van der Waals surface area (Å²) in [7, 11) is 0. The van der Waals surface area contributed by atoms with Gasteiger partial charge in [-0.1, -0.05) is 38.5 Å². The summed E-state index contributed by atoms with van der Waals surface area (Å²) in [6.07, 6.45) is 1.54. The highest BCUT2D eigenvalue weighted by Gasteiger charge is 2.19. The van der Waals surface area contributed by atoms with E-state index in [0.29, 0.717) is 11.4 Å². The molecule has 0 saturated heterocycles. The molecule has 1 heterocycles. The van der Waals surface area contributed by atoms with Gasteiger partial charge >= 0.3 is 0 Å². The standard InChI is InChI=1S/C18H21NO2/c1-12-6-8-16(15(10-12)18(3,4)5)21-17-9-7-14(11-19-17)13(2)20/h6-11H,1-5H3. The van der Waals surface area contributed by atoms with Gasteiger partial charge < -0.3 is 4.74 Å². The maximum atomic E-state index is 11.3. The van der Waals surface area contributed by atoms with Crippen molar-refractivity contribution >= 4 is 5.78 Å². The van der Waals surface area contributed by atoms with Gasteiger partial charge in [0.15, 0.2) is 5.78 Å². The summed E-state index contributed by atoms with van der Waals surface area (Å²) in [5.74, 6) is 1.30. The largest absolute Gasteiger partial charge is 0.439 e. The summed E-state index contributed by atoms with van der Waals surface area (Å²) in [6.45, 7) is 10.1. The number of carbonyl (C=O) groups excluding carboxylic acids is 1. The summed E-state index contributed by atoms with van der Waals surface area (Å²) < 4.78 is 5.90. The number of pyridine rings is 1. The van der Waals surface area contributed by atoms with Crippen LogP contribution >= 0.6 is 0 Å². The predicted octanol–water partition coefficient (Wildman–Crippen LogP) is 4.68. The lowest BCUT2D eigenvalue weighted by molar-refractivity contribution is 0.101. The number of carbonyl (C=O) groups is 1. The summed E-state index contributed by atoms with van der Waals surface area (Å²) in [5.41, 5.74) is 2.91. The van der Waals surface area contributed by atoms with Crippen LogP contribution in [-0.2, 0) is 5.41 Å². The molecule has 3 heteroatoms. The van der Waals surface area contributed by atoms with E-state index in [-0.39, 0.29) is 11.2 Å². The molecule has 0 amide bonds. The van der Waals surface area contributed by atoms with Gasteiger partial charge in [-0.3, -0.25) is 4.79 Å². The minimum absolute atomic E-state index is 0.000216. The lowest BCUT2D eigenvalue weighted by Gasteiger charge is -2.23. The first-order valence-electron chi connectivity index (χ1n) is 7.03. The molecular weight excluding hydrogens is 262 g/mol. The van der Waals surface area contributed by atoms with Crippen LogP contribution in [0.2, 0.25) is 0 Å². The van der Waals surface area contributed by atoms with E-state index in [2.05, 4.69) is 38.7 Å². The highest BCUT2D eigenvalue weighted by molar-refractivity contribution is 5.93. The van der Waals surface area contributed by atoms with E-state index in [1.165, 1.54) is 12.5 Å². The Balaban J connectivity index is 2.33. The Morgan fingerprint density at radius 1 is 1.14 bits per heavy atom. The number of aryl methyl sites for hydroxylation is 1. The fraction of sp³-hybridized carbons (Fsp3) is 0.333. The number of Topliss-reactive ketones (excluding diaryl/α,β-unsaturated/α-hetero) is 1. The fourth-order valence-corrected chi connectivity index (χ4v) is 2.08. The van der Waals surface area contributed by atoms with Crippen molar-refractivity contribution in [3.8, 4) is 11.6 Å². The molecule has 1 aromatic carbocycles. The Kier molecular flexibility index (Phi) is 4.12. The lowest BCUT2D eigenvalue weighted by Crippen LogP contribution is -2.13. The van der Waals surface area contributed by atoms with Crippen molar-refractivity contribution < 1.29 is 9.53 Å². The van der Waals surface area contributed by atoms with E-state index in [4.69, 9.17) is 4.74 Å². The Morgan fingerprint density at radius 3 is 2.38 bits per heavy atom. The number of rotatable bonds is 3. The minimum Gasteiger partial charge on any atom is -0.439 e. The number of hydrogen-bond acceptors (Lipinski definition) is 3. The first-order valence-corrected chi connectivity index (χ1v) is 7.03. The van der Waals surface area contributed by atoms with Crippen molar-refractivity contribution in [2.45, 2.75) is 40.0 Å².